The van der Waals surface area contributed by atoms with Crippen molar-refractivity contribution in [3.63, 3.8) is 0 Å². The van der Waals surface area contributed by atoms with Crippen LogP contribution in [0.5, 0.6) is 0 Å². The van der Waals surface area contributed by atoms with Gasteiger partial charge in [0.25, 0.3) is 5.91 Å². The summed E-state index contributed by atoms with van der Waals surface area (Å²) in [5.74, 6) is 6.03. The molecular weight excluding hydrogens is 268 g/mol. The third-order valence-corrected chi connectivity index (χ3v) is 2.69. The third-order valence-electron chi connectivity index (χ3n) is 2.69. The number of nitrogens with one attached hydrogen (secondary N) is 1. The highest BCUT2D eigenvalue weighted by Crippen LogP contribution is 2.07. The average Bonchev–Trinajstić information content (AvgIpc) is 2.91. The van der Waals surface area contributed by atoms with Crippen molar-refractivity contribution < 1.29 is 9.90 Å². The van der Waals surface area contributed by atoms with E-state index in [0.717, 1.165) is 0 Å². The number of aliphatic hydroxyl groups excluding tert-OH is 1. The molecule has 1 amide bonds. The molecule has 2 rings (SSSR count). The highest BCUT2D eigenvalue weighted by molar-refractivity contribution is 5.96. The van der Waals surface area contributed by atoms with Gasteiger partial charge in [0, 0.05) is 19.0 Å². The lowest BCUT2D eigenvalue weighted by Gasteiger charge is -2.05. The van der Waals surface area contributed by atoms with Crippen molar-refractivity contribution in [1.82, 2.24) is 20.1 Å². The van der Waals surface area contributed by atoms with Gasteiger partial charge in [-0.15, -0.1) is 0 Å². The van der Waals surface area contributed by atoms with Crippen LogP contribution in [0.2, 0.25) is 0 Å². The van der Waals surface area contributed by atoms with Crippen LogP contribution >= 0.6 is 0 Å². The summed E-state index contributed by atoms with van der Waals surface area (Å²) in [5.41, 5.74) is 1.14. The van der Waals surface area contributed by atoms with Crippen LogP contribution < -0.4 is 5.32 Å². The van der Waals surface area contributed by atoms with Crippen molar-refractivity contribution >= 4 is 5.91 Å². The number of hydrogen-bond acceptors (Lipinski definition) is 4. The molecule has 2 N–H and O–H groups in total. The quantitative estimate of drug-likeness (QED) is 0.800. The number of carbonyl (C=O) groups excluding carboxylic acids is 1. The number of rotatable bonds is 4. The predicted octanol–water partition coefficient (Wildman–Crippen LogP) is 0.479. The van der Waals surface area contributed by atoms with Crippen LogP contribution in [0.1, 0.15) is 28.2 Å². The van der Waals surface area contributed by atoms with Crippen molar-refractivity contribution in [2.24, 2.45) is 7.05 Å². The molecule has 0 unspecified atom stereocenters. The van der Waals surface area contributed by atoms with Gasteiger partial charge in [0.1, 0.15) is 6.33 Å². The Hall–Kier alpha value is -2.65. The second-order valence-corrected chi connectivity index (χ2v) is 4.34. The number of carbonyl (C=O) groups is 1. The predicted molar refractivity (Wildman–Crippen MR) is 77.2 cm³/mol. The molecule has 0 fully saturated rings. The Labute approximate surface area is 122 Å². The maximum atomic E-state index is 12.2. The maximum Gasteiger partial charge on any atom is 0.252 e. The van der Waals surface area contributed by atoms with E-state index >= 15 is 0 Å². The third kappa shape index (κ3) is 4.16. The molecule has 0 radical (unpaired) electrons. The monoisotopic (exact) mass is 284 g/mol. The second kappa shape index (κ2) is 7.22. The van der Waals surface area contributed by atoms with Crippen LogP contribution in [0.15, 0.2) is 30.6 Å². The zero-order chi connectivity index (χ0) is 15.1. The number of aryl methyl sites for hydroxylation is 1. The minimum atomic E-state index is -0.226. The smallest absolute Gasteiger partial charge is 0.252 e. The first-order valence-corrected chi connectivity index (χ1v) is 6.52. The van der Waals surface area contributed by atoms with Gasteiger partial charge in [-0.1, -0.05) is 24.0 Å². The Morgan fingerprint density at radius 2 is 2.24 bits per heavy atom. The van der Waals surface area contributed by atoms with Gasteiger partial charge >= 0.3 is 0 Å². The molecule has 1 aromatic carbocycles. The molecule has 21 heavy (non-hydrogen) atoms. The minimum Gasteiger partial charge on any atom is -0.395 e. The van der Waals surface area contributed by atoms with E-state index in [-0.39, 0.29) is 19.1 Å². The Balaban J connectivity index is 2.07. The lowest BCUT2D eigenvalue weighted by Crippen LogP contribution is -2.24. The van der Waals surface area contributed by atoms with Crippen molar-refractivity contribution in [2.75, 3.05) is 6.61 Å². The topological polar surface area (TPSA) is 80.0 Å². The molecule has 6 heteroatoms. The van der Waals surface area contributed by atoms with E-state index in [1.54, 1.807) is 36.3 Å². The summed E-state index contributed by atoms with van der Waals surface area (Å²) in [5, 5.41) is 15.6. The van der Waals surface area contributed by atoms with Crippen molar-refractivity contribution in [3.05, 3.63) is 47.5 Å². The molecule has 0 aliphatic heterocycles. The van der Waals surface area contributed by atoms with Crippen LogP contribution in [-0.4, -0.2) is 32.4 Å². The van der Waals surface area contributed by atoms with Crippen molar-refractivity contribution in [2.45, 2.75) is 13.0 Å². The van der Waals surface area contributed by atoms with Crippen molar-refractivity contribution in [3.8, 4) is 11.8 Å². The lowest BCUT2D eigenvalue weighted by molar-refractivity contribution is 0.0949. The molecule has 108 valence electrons. The van der Waals surface area contributed by atoms with E-state index in [2.05, 4.69) is 27.2 Å². The molecule has 0 aliphatic carbocycles. The molecule has 0 aliphatic rings. The van der Waals surface area contributed by atoms with Gasteiger partial charge < -0.3 is 10.4 Å². The number of nitrogens with zero attached hydrogens (tertiary/aromatic N) is 3. The summed E-state index contributed by atoms with van der Waals surface area (Å²) in [6.45, 7) is 0.269. The highest BCUT2D eigenvalue weighted by atomic mass is 16.2. The summed E-state index contributed by atoms with van der Waals surface area (Å²) < 4.78 is 1.58. The fourth-order valence-electron chi connectivity index (χ4n) is 1.72. The average molecular weight is 284 g/mol. The van der Waals surface area contributed by atoms with E-state index in [0.29, 0.717) is 23.4 Å². The first kappa shape index (κ1) is 14.8. The number of aromatic nitrogens is 3. The van der Waals surface area contributed by atoms with Crippen LogP contribution in [0.4, 0.5) is 0 Å². The number of hydrogen-bond donors (Lipinski definition) is 2. The van der Waals surface area contributed by atoms with Crippen molar-refractivity contribution in [1.29, 1.82) is 0 Å². The fourth-order valence-corrected chi connectivity index (χ4v) is 1.72. The van der Waals surface area contributed by atoms with Crippen LogP contribution in [0.3, 0.4) is 0 Å². The molecule has 0 spiro atoms. The van der Waals surface area contributed by atoms with Crippen LogP contribution in [0, 0.1) is 11.8 Å². The number of benzene rings is 1. The SMILES string of the molecule is Cn1cnc(CNC(=O)c2ccccc2C#CCCO)n1. The molecule has 0 atom stereocenters. The molecule has 0 saturated heterocycles. The summed E-state index contributed by atoms with van der Waals surface area (Å²) >= 11 is 0. The van der Waals surface area contributed by atoms with Gasteiger partial charge in [-0.3, -0.25) is 9.48 Å². The normalized spacial score (nSPS) is 9.81. The van der Waals surface area contributed by atoms with Gasteiger partial charge in [0.15, 0.2) is 5.82 Å². The van der Waals surface area contributed by atoms with Crippen LogP contribution in [-0.2, 0) is 13.6 Å². The van der Waals surface area contributed by atoms with Gasteiger partial charge in [0.05, 0.1) is 18.7 Å². The zero-order valence-corrected chi connectivity index (χ0v) is 11.7. The molecule has 0 bridgehead atoms. The summed E-state index contributed by atoms with van der Waals surface area (Å²) in [6.07, 6.45) is 1.96. The Bertz CT molecular complexity index is 682. The van der Waals surface area contributed by atoms with Gasteiger partial charge in [-0.05, 0) is 12.1 Å². The molecule has 2 aromatic rings. The Morgan fingerprint density at radius 3 is 2.95 bits per heavy atom. The van der Waals surface area contributed by atoms with E-state index in [1.807, 2.05) is 6.07 Å². The summed E-state index contributed by atoms with van der Waals surface area (Å²) in [6, 6.07) is 7.09. The molecule has 6 nitrogen and oxygen atoms in total. The largest absolute Gasteiger partial charge is 0.395 e. The molecule has 0 saturated carbocycles. The van der Waals surface area contributed by atoms with E-state index in [4.69, 9.17) is 5.11 Å². The Kier molecular flexibility index (Phi) is 5.07. The second-order valence-electron chi connectivity index (χ2n) is 4.34. The summed E-state index contributed by atoms with van der Waals surface area (Å²) in [4.78, 5) is 16.2. The number of aliphatic hydroxyl groups is 1. The van der Waals surface area contributed by atoms with E-state index in [1.165, 1.54) is 0 Å². The molecule has 1 heterocycles. The molecular formula is C15H16N4O2. The van der Waals surface area contributed by atoms with Gasteiger partial charge in [-0.25, -0.2) is 4.98 Å². The van der Waals surface area contributed by atoms with E-state index in [9.17, 15) is 4.79 Å². The molecule has 1 aromatic heterocycles. The zero-order valence-electron chi connectivity index (χ0n) is 11.7. The Morgan fingerprint density at radius 1 is 1.43 bits per heavy atom. The maximum absolute atomic E-state index is 12.2. The first-order chi connectivity index (χ1) is 10.2. The van der Waals surface area contributed by atoms with Gasteiger partial charge in [-0.2, -0.15) is 5.10 Å². The standard InChI is InChI=1S/C15H16N4O2/c1-19-11-17-14(18-19)10-16-15(21)13-8-3-2-6-12(13)7-4-5-9-20/h2-3,6,8,11,20H,5,9-10H2,1H3,(H,16,21). The lowest BCUT2D eigenvalue weighted by atomic mass is 10.1. The van der Waals surface area contributed by atoms with E-state index < -0.39 is 0 Å². The first-order valence-electron chi connectivity index (χ1n) is 6.52. The van der Waals surface area contributed by atoms with Gasteiger partial charge in [0.2, 0.25) is 0 Å². The highest BCUT2D eigenvalue weighted by Gasteiger charge is 2.10. The summed E-state index contributed by atoms with van der Waals surface area (Å²) in [7, 11) is 1.77. The number of amides is 1. The van der Waals surface area contributed by atoms with Crippen LogP contribution in [0.25, 0.3) is 0 Å². The minimum absolute atomic E-state index is 0.00666. The fraction of sp³-hybridized carbons (Fsp3) is 0.267.